The molecule has 0 bridgehead atoms. The second kappa shape index (κ2) is 8.80. The maximum absolute atomic E-state index is 14.0. The highest BCUT2D eigenvalue weighted by Crippen LogP contribution is 2.38. The lowest BCUT2D eigenvalue weighted by Crippen LogP contribution is -2.45. The molecule has 2 amide bonds. The molecule has 4 aromatic rings. The van der Waals surface area contributed by atoms with Crippen molar-refractivity contribution in [2.24, 2.45) is 0 Å². The summed E-state index contributed by atoms with van der Waals surface area (Å²) in [5.41, 5.74) is 2.59. The quantitative estimate of drug-likeness (QED) is 0.364. The van der Waals surface area contributed by atoms with Crippen LogP contribution < -0.4 is 5.32 Å². The molecule has 2 aromatic heterocycles. The predicted molar refractivity (Wildman–Crippen MR) is 125 cm³/mol. The van der Waals surface area contributed by atoms with Crippen LogP contribution in [0.4, 0.5) is 9.18 Å². The van der Waals surface area contributed by atoms with E-state index in [0.717, 1.165) is 10.4 Å². The van der Waals surface area contributed by atoms with Gasteiger partial charge in [-0.05, 0) is 47.7 Å². The van der Waals surface area contributed by atoms with Crippen molar-refractivity contribution >= 4 is 34.5 Å². The van der Waals surface area contributed by atoms with Crippen LogP contribution in [0.1, 0.15) is 30.0 Å². The molecule has 0 saturated heterocycles. The Labute approximate surface area is 198 Å². The Morgan fingerprint density at radius 1 is 1.18 bits per heavy atom. The molecule has 2 aromatic carbocycles. The van der Waals surface area contributed by atoms with Crippen LogP contribution in [0.3, 0.4) is 0 Å². The number of nitrogens with zero attached hydrogens (tertiary/aromatic N) is 3. The van der Waals surface area contributed by atoms with E-state index in [0.29, 0.717) is 27.7 Å². The first-order chi connectivity index (χ1) is 16.0. The fourth-order valence-electron chi connectivity index (χ4n) is 3.82. The summed E-state index contributed by atoms with van der Waals surface area (Å²) in [6.07, 6.45) is 0. The average Bonchev–Trinajstić information content (AvgIpc) is 3.49. The molecule has 1 aliphatic heterocycles. The van der Waals surface area contributed by atoms with Crippen LogP contribution in [-0.2, 0) is 6.54 Å². The minimum absolute atomic E-state index is 0.253. The van der Waals surface area contributed by atoms with Crippen molar-refractivity contribution in [3.63, 3.8) is 0 Å². The summed E-state index contributed by atoms with van der Waals surface area (Å²) in [6, 6.07) is 16.3. The first kappa shape index (κ1) is 21.4. The van der Waals surface area contributed by atoms with Gasteiger partial charge in [0.2, 0.25) is 5.82 Å². The lowest BCUT2D eigenvalue weighted by molar-refractivity contribution is 0.203. The van der Waals surface area contributed by atoms with Crippen LogP contribution >= 0.6 is 22.9 Å². The van der Waals surface area contributed by atoms with Crippen molar-refractivity contribution in [1.29, 1.82) is 0 Å². The minimum atomic E-state index is -0.660. The van der Waals surface area contributed by atoms with Crippen LogP contribution in [-0.4, -0.2) is 21.1 Å². The van der Waals surface area contributed by atoms with Gasteiger partial charge in [0.25, 0.3) is 5.89 Å². The van der Waals surface area contributed by atoms with Crippen LogP contribution in [0, 0.1) is 5.82 Å². The number of urea groups is 1. The summed E-state index contributed by atoms with van der Waals surface area (Å²) in [4.78, 5) is 20.2. The molecular weight excluding hydrogens is 463 g/mol. The van der Waals surface area contributed by atoms with Crippen molar-refractivity contribution in [2.75, 3.05) is 0 Å². The number of thiophene rings is 1. The summed E-state index contributed by atoms with van der Waals surface area (Å²) in [5, 5.41) is 9.57. The summed E-state index contributed by atoms with van der Waals surface area (Å²) in [6.45, 7) is 2.06. The van der Waals surface area contributed by atoms with E-state index < -0.39 is 11.9 Å². The second-order valence-corrected chi connectivity index (χ2v) is 8.87. The first-order valence-electron chi connectivity index (χ1n) is 10.2. The van der Waals surface area contributed by atoms with Gasteiger partial charge in [-0.1, -0.05) is 53.2 Å². The zero-order valence-electron chi connectivity index (χ0n) is 17.5. The van der Waals surface area contributed by atoms with Crippen molar-refractivity contribution in [2.45, 2.75) is 19.5 Å². The molecule has 1 aliphatic rings. The smallest absolute Gasteiger partial charge is 0.322 e. The molecule has 166 valence electrons. The van der Waals surface area contributed by atoms with E-state index in [2.05, 4.69) is 15.5 Å². The zero-order valence-corrected chi connectivity index (χ0v) is 19.0. The highest BCUT2D eigenvalue weighted by Gasteiger charge is 2.36. The molecule has 1 atom stereocenters. The second-order valence-electron chi connectivity index (χ2n) is 7.51. The molecule has 1 unspecified atom stereocenters. The molecule has 9 heteroatoms. The first-order valence-corrected chi connectivity index (χ1v) is 11.4. The van der Waals surface area contributed by atoms with Crippen LogP contribution in [0.2, 0.25) is 5.02 Å². The summed E-state index contributed by atoms with van der Waals surface area (Å²) < 4.78 is 19.7. The number of amides is 2. The SMILES string of the molecule is CC1=C(c2nc(-c3cccs3)no2)C(c2cccc(F)c2)NC(=O)N1Cc1ccccc1Cl. The number of benzene rings is 2. The lowest BCUT2D eigenvalue weighted by atomic mass is 9.94. The third-order valence-electron chi connectivity index (χ3n) is 5.46. The zero-order chi connectivity index (χ0) is 22.9. The van der Waals surface area contributed by atoms with E-state index in [1.807, 2.05) is 42.6 Å². The molecule has 0 spiro atoms. The summed E-state index contributed by atoms with van der Waals surface area (Å²) in [5.74, 6) is 0.309. The molecule has 0 aliphatic carbocycles. The standard InChI is InChI=1S/C24H18ClFN4O2S/c1-14-20(23-28-22(29-32-23)19-10-5-11-33-19)21(15-7-4-8-17(26)12-15)27-24(31)30(14)13-16-6-2-3-9-18(16)25/h2-12,21H,13H2,1H3,(H,27,31). The van der Waals surface area contributed by atoms with Gasteiger partial charge < -0.3 is 9.84 Å². The van der Waals surface area contributed by atoms with E-state index in [1.54, 1.807) is 23.1 Å². The molecule has 5 rings (SSSR count). The number of carbonyl (C=O) groups is 1. The molecule has 0 saturated carbocycles. The van der Waals surface area contributed by atoms with Crippen LogP contribution in [0.15, 0.2) is 76.3 Å². The fourth-order valence-corrected chi connectivity index (χ4v) is 4.67. The van der Waals surface area contributed by atoms with Crippen molar-refractivity contribution in [3.05, 3.63) is 99.6 Å². The highest BCUT2D eigenvalue weighted by molar-refractivity contribution is 7.13. The van der Waals surface area contributed by atoms with E-state index in [9.17, 15) is 9.18 Å². The highest BCUT2D eigenvalue weighted by atomic mass is 35.5. The molecule has 3 heterocycles. The Balaban J connectivity index is 1.62. The van der Waals surface area contributed by atoms with Gasteiger partial charge in [0, 0.05) is 10.7 Å². The third kappa shape index (κ3) is 4.15. The van der Waals surface area contributed by atoms with E-state index in [1.165, 1.54) is 23.5 Å². The third-order valence-corrected chi connectivity index (χ3v) is 6.70. The normalized spacial score (nSPS) is 16.3. The van der Waals surface area contributed by atoms with E-state index in [4.69, 9.17) is 16.1 Å². The Bertz CT molecular complexity index is 1350. The number of aromatic nitrogens is 2. The number of hydrogen-bond acceptors (Lipinski definition) is 5. The predicted octanol–water partition coefficient (Wildman–Crippen LogP) is 6.29. The fraction of sp³-hybridized carbons (Fsp3) is 0.125. The molecule has 0 fully saturated rings. The van der Waals surface area contributed by atoms with Gasteiger partial charge in [-0.2, -0.15) is 4.98 Å². The van der Waals surface area contributed by atoms with E-state index >= 15 is 0 Å². The van der Waals surface area contributed by atoms with Crippen LogP contribution in [0.5, 0.6) is 0 Å². The molecule has 6 nitrogen and oxygen atoms in total. The molecule has 1 N–H and O–H groups in total. The minimum Gasteiger partial charge on any atom is -0.334 e. The Morgan fingerprint density at radius 2 is 2.03 bits per heavy atom. The number of halogens is 2. The van der Waals surface area contributed by atoms with Crippen molar-refractivity contribution in [1.82, 2.24) is 20.4 Å². The van der Waals surface area contributed by atoms with Gasteiger partial charge in [-0.25, -0.2) is 9.18 Å². The van der Waals surface area contributed by atoms with Crippen molar-refractivity contribution in [3.8, 4) is 10.7 Å². The van der Waals surface area contributed by atoms with Gasteiger partial charge in [0.15, 0.2) is 0 Å². The van der Waals surface area contributed by atoms with Gasteiger partial charge in [-0.15, -0.1) is 11.3 Å². The van der Waals surface area contributed by atoms with E-state index in [-0.39, 0.29) is 18.5 Å². The Hall–Kier alpha value is -3.49. The Kier molecular flexibility index (Phi) is 5.70. The average molecular weight is 481 g/mol. The lowest BCUT2D eigenvalue weighted by Gasteiger charge is -2.35. The number of allylic oxidation sites excluding steroid dienone is 1. The van der Waals surface area contributed by atoms with Gasteiger partial charge in [0.1, 0.15) is 5.82 Å². The number of carbonyl (C=O) groups excluding carboxylic acids is 1. The van der Waals surface area contributed by atoms with Crippen molar-refractivity contribution < 1.29 is 13.7 Å². The monoisotopic (exact) mass is 480 g/mol. The van der Waals surface area contributed by atoms with Gasteiger partial charge in [0.05, 0.1) is 23.0 Å². The van der Waals surface area contributed by atoms with Crippen LogP contribution in [0.25, 0.3) is 16.3 Å². The van der Waals surface area contributed by atoms with Gasteiger partial charge in [-0.3, -0.25) is 4.90 Å². The topological polar surface area (TPSA) is 71.3 Å². The Morgan fingerprint density at radius 3 is 2.79 bits per heavy atom. The maximum Gasteiger partial charge on any atom is 0.322 e. The van der Waals surface area contributed by atoms with Gasteiger partial charge >= 0.3 is 6.03 Å². The number of hydrogen-bond donors (Lipinski definition) is 1. The maximum atomic E-state index is 14.0. The number of nitrogens with one attached hydrogen (secondary N) is 1. The largest absolute Gasteiger partial charge is 0.334 e. The number of rotatable bonds is 5. The summed E-state index contributed by atoms with van der Waals surface area (Å²) >= 11 is 7.83. The summed E-state index contributed by atoms with van der Waals surface area (Å²) in [7, 11) is 0. The molecule has 0 radical (unpaired) electrons. The molecule has 33 heavy (non-hydrogen) atoms. The molecular formula is C24H18ClFN4O2S.